The molecule has 0 spiro atoms. The van der Waals surface area contributed by atoms with Crippen LogP contribution in [0.15, 0.2) is 47.6 Å². The maximum atomic E-state index is 13.5. The van der Waals surface area contributed by atoms with E-state index in [-0.39, 0.29) is 5.78 Å². The predicted octanol–water partition coefficient (Wildman–Crippen LogP) is 11.4. The van der Waals surface area contributed by atoms with Gasteiger partial charge in [-0.1, -0.05) is 83.6 Å². The van der Waals surface area contributed by atoms with E-state index in [2.05, 4.69) is 74.5 Å². The molecule has 0 bridgehead atoms. The van der Waals surface area contributed by atoms with Gasteiger partial charge < -0.3 is 14.2 Å². The Hall–Kier alpha value is -1.91. The van der Waals surface area contributed by atoms with Crippen molar-refractivity contribution in [3.63, 3.8) is 0 Å². The second-order valence-corrected chi connectivity index (χ2v) is 13.7. The molecular weight excluding hydrogens is 532 g/mol. The Kier molecular flexibility index (Phi) is 21.3. The van der Waals surface area contributed by atoms with Crippen molar-refractivity contribution in [3.8, 4) is 5.75 Å². The Morgan fingerprint density at radius 1 is 0.674 bits per heavy atom. The number of ether oxygens (including phenoxy) is 3. The van der Waals surface area contributed by atoms with E-state index < -0.39 is 6.29 Å². The number of rotatable bonds is 25. The lowest BCUT2D eigenvalue weighted by Crippen LogP contribution is -2.31. The van der Waals surface area contributed by atoms with E-state index in [1.807, 2.05) is 24.3 Å². The van der Waals surface area contributed by atoms with Crippen LogP contribution in [-0.4, -0.2) is 31.9 Å². The van der Waals surface area contributed by atoms with Gasteiger partial charge in [0, 0.05) is 5.56 Å². The van der Waals surface area contributed by atoms with Crippen LogP contribution in [0.5, 0.6) is 5.75 Å². The maximum Gasteiger partial charge on any atom is 0.222 e. The molecule has 4 nitrogen and oxygen atoms in total. The second-order valence-electron chi connectivity index (χ2n) is 13.7. The van der Waals surface area contributed by atoms with Crippen LogP contribution >= 0.6 is 0 Å². The Balaban J connectivity index is 2.64. The fraction of sp³-hybridized carbons (Fsp3) is 0.718. The van der Waals surface area contributed by atoms with Gasteiger partial charge in [0.25, 0.3) is 0 Å². The number of Topliss-reactive ketones (excluding diaryl/α,β-unsaturated/α-hetero) is 1. The molecule has 0 N–H and O–H groups in total. The molecule has 0 fully saturated rings. The summed E-state index contributed by atoms with van der Waals surface area (Å²) < 4.78 is 18.1. The first-order valence-corrected chi connectivity index (χ1v) is 17.3. The molecule has 0 saturated carbocycles. The molecule has 0 aliphatic carbocycles. The highest BCUT2D eigenvalue weighted by atomic mass is 16.7. The SMILES string of the molecule is CCCOc1ccc(C(=O)C(OCC(C)CCCC(C)CCC=C(C)C)OCC(C)CCCC(C)CCC=C(C)C)cc1. The normalized spacial score (nSPS) is 14.8. The van der Waals surface area contributed by atoms with Gasteiger partial charge in [-0.3, -0.25) is 4.79 Å². The van der Waals surface area contributed by atoms with Crippen LogP contribution in [0.2, 0.25) is 0 Å². The molecule has 1 rings (SSSR count). The van der Waals surface area contributed by atoms with Crippen LogP contribution in [0.3, 0.4) is 0 Å². The summed E-state index contributed by atoms with van der Waals surface area (Å²) >= 11 is 0. The van der Waals surface area contributed by atoms with Crippen molar-refractivity contribution in [1.29, 1.82) is 0 Å². The predicted molar refractivity (Wildman–Crippen MR) is 184 cm³/mol. The van der Waals surface area contributed by atoms with E-state index in [9.17, 15) is 4.79 Å². The van der Waals surface area contributed by atoms with Gasteiger partial charge in [0.05, 0.1) is 19.8 Å². The molecule has 0 saturated heterocycles. The molecule has 4 heteroatoms. The van der Waals surface area contributed by atoms with E-state index >= 15 is 0 Å². The molecule has 0 amide bonds. The molecule has 246 valence electrons. The summed E-state index contributed by atoms with van der Waals surface area (Å²) in [7, 11) is 0. The highest BCUT2D eigenvalue weighted by Crippen LogP contribution is 2.21. The van der Waals surface area contributed by atoms with Crippen molar-refractivity contribution in [3.05, 3.63) is 53.1 Å². The van der Waals surface area contributed by atoms with Gasteiger partial charge in [0.2, 0.25) is 12.1 Å². The van der Waals surface area contributed by atoms with Crippen LogP contribution in [-0.2, 0) is 9.47 Å². The standard InChI is InChI=1S/C39H66O4/c1-10-27-41-37-25-23-36(24-26-37)38(40)39(42-28-34(8)21-13-19-32(6)17-11-15-30(2)3)43-29-35(9)22-14-20-33(7)18-12-16-31(4)5/h15-16,23-26,32-35,39H,10-14,17-22,27-29H2,1-9H3. The highest BCUT2D eigenvalue weighted by Gasteiger charge is 2.24. The van der Waals surface area contributed by atoms with Crippen LogP contribution in [0, 0.1) is 23.7 Å². The van der Waals surface area contributed by atoms with Gasteiger partial charge in [-0.25, -0.2) is 0 Å². The zero-order valence-corrected chi connectivity index (χ0v) is 29.4. The number of carbonyl (C=O) groups excluding carboxylic acids is 1. The van der Waals surface area contributed by atoms with Gasteiger partial charge in [-0.15, -0.1) is 0 Å². The van der Waals surface area contributed by atoms with E-state index in [1.54, 1.807) is 0 Å². The number of hydrogen-bond acceptors (Lipinski definition) is 4. The quantitative estimate of drug-likeness (QED) is 0.0638. The molecule has 0 aliphatic rings. The van der Waals surface area contributed by atoms with E-state index in [0.717, 1.165) is 36.8 Å². The fourth-order valence-electron chi connectivity index (χ4n) is 5.17. The van der Waals surface area contributed by atoms with E-state index in [4.69, 9.17) is 14.2 Å². The topological polar surface area (TPSA) is 44.8 Å². The van der Waals surface area contributed by atoms with Crippen molar-refractivity contribution in [2.45, 2.75) is 139 Å². The van der Waals surface area contributed by atoms with Gasteiger partial charge in [0.15, 0.2) is 0 Å². The molecule has 4 atom stereocenters. The average Bonchev–Trinajstić information content (AvgIpc) is 2.95. The van der Waals surface area contributed by atoms with Gasteiger partial charge in [-0.05, 0) is 121 Å². The maximum absolute atomic E-state index is 13.5. The summed E-state index contributed by atoms with van der Waals surface area (Å²) in [5.41, 5.74) is 3.41. The fourth-order valence-corrected chi connectivity index (χ4v) is 5.17. The molecule has 0 aliphatic heterocycles. The Bertz CT molecular complexity index is 864. The smallest absolute Gasteiger partial charge is 0.222 e. The summed E-state index contributed by atoms with van der Waals surface area (Å²) in [5.74, 6) is 2.88. The monoisotopic (exact) mass is 598 g/mol. The summed E-state index contributed by atoms with van der Waals surface area (Å²) in [6, 6.07) is 7.38. The van der Waals surface area contributed by atoms with Crippen LogP contribution in [0.25, 0.3) is 0 Å². The molecular formula is C39H66O4. The van der Waals surface area contributed by atoms with E-state index in [1.165, 1.54) is 62.5 Å². The minimum absolute atomic E-state index is 0.109. The molecule has 4 unspecified atom stereocenters. The van der Waals surface area contributed by atoms with Crippen molar-refractivity contribution in [1.82, 2.24) is 0 Å². The third kappa shape index (κ3) is 19.9. The minimum atomic E-state index is -0.877. The average molecular weight is 599 g/mol. The number of benzene rings is 1. The lowest BCUT2D eigenvalue weighted by atomic mass is 9.95. The third-order valence-corrected chi connectivity index (χ3v) is 8.10. The summed E-state index contributed by atoms with van der Waals surface area (Å²) in [6.07, 6.45) is 16.6. The molecule has 0 radical (unpaired) electrons. The molecule has 43 heavy (non-hydrogen) atoms. The van der Waals surface area contributed by atoms with Gasteiger partial charge >= 0.3 is 0 Å². The van der Waals surface area contributed by atoms with Crippen molar-refractivity contribution in [2.24, 2.45) is 23.7 Å². The van der Waals surface area contributed by atoms with E-state index in [0.29, 0.717) is 37.2 Å². The largest absolute Gasteiger partial charge is 0.494 e. The number of allylic oxidation sites excluding steroid dienone is 4. The Morgan fingerprint density at radius 3 is 1.53 bits per heavy atom. The van der Waals surface area contributed by atoms with Crippen molar-refractivity contribution in [2.75, 3.05) is 19.8 Å². The zero-order valence-electron chi connectivity index (χ0n) is 29.4. The first kappa shape index (κ1) is 39.1. The lowest BCUT2D eigenvalue weighted by molar-refractivity contribution is -0.128. The minimum Gasteiger partial charge on any atom is -0.494 e. The van der Waals surface area contributed by atoms with Crippen LogP contribution < -0.4 is 4.74 Å². The van der Waals surface area contributed by atoms with Crippen molar-refractivity contribution >= 4 is 5.78 Å². The molecule has 0 aromatic heterocycles. The van der Waals surface area contributed by atoms with Crippen molar-refractivity contribution < 1.29 is 19.0 Å². The number of carbonyl (C=O) groups is 1. The van der Waals surface area contributed by atoms with Crippen LogP contribution in [0.1, 0.15) is 143 Å². The molecule has 1 aromatic rings. The molecule has 1 aromatic carbocycles. The zero-order chi connectivity index (χ0) is 32.0. The molecule has 0 heterocycles. The Labute approximate surface area is 266 Å². The summed E-state index contributed by atoms with van der Waals surface area (Å²) in [6.45, 7) is 21.6. The highest BCUT2D eigenvalue weighted by molar-refractivity contribution is 5.98. The summed E-state index contributed by atoms with van der Waals surface area (Å²) in [4.78, 5) is 13.5. The van der Waals surface area contributed by atoms with Gasteiger partial charge in [0.1, 0.15) is 5.75 Å². The number of ketones is 1. The number of hydrogen-bond donors (Lipinski definition) is 0. The summed E-state index contributed by atoms with van der Waals surface area (Å²) in [5, 5.41) is 0. The second kappa shape index (κ2) is 23.5. The first-order chi connectivity index (χ1) is 20.5. The first-order valence-electron chi connectivity index (χ1n) is 17.3. The van der Waals surface area contributed by atoms with Gasteiger partial charge in [-0.2, -0.15) is 0 Å². The third-order valence-electron chi connectivity index (χ3n) is 8.10. The van der Waals surface area contributed by atoms with Crippen LogP contribution in [0.4, 0.5) is 0 Å². The lowest BCUT2D eigenvalue weighted by Gasteiger charge is -2.22. The Morgan fingerprint density at radius 2 is 1.12 bits per heavy atom.